The first-order valence-electron chi connectivity index (χ1n) is 16.7. The van der Waals surface area contributed by atoms with Gasteiger partial charge < -0.3 is 15.6 Å². The zero-order valence-electron chi connectivity index (χ0n) is 28.2. The van der Waals surface area contributed by atoms with Crippen LogP contribution in [0.1, 0.15) is 43.7 Å². The maximum Gasteiger partial charge on any atom is 0.328 e. The molecule has 3 N–H and O–H groups in total. The number of imide groups is 4. The van der Waals surface area contributed by atoms with Gasteiger partial charge in [-0.2, -0.15) is 10.00 Å². The average molecular weight is 728 g/mol. The van der Waals surface area contributed by atoms with Crippen molar-refractivity contribution in [3.63, 3.8) is 0 Å². The van der Waals surface area contributed by atoms with Crippen molar-refractivity contribution in [2.75, 3.05) is 11.5 Å². The number of amides is 6. The summed E-state index contributed by atoms with van der Waals surface area (Å²) in [4.78, 5) is 71.5. The van der Waals surface area contributed by atoms with Crippen molar-refractivity contribution in [1.29, 1.82) is 0 Å². The maximum atomic E-state index is 15.0. The Morgan fingerprint density at radius 1 is 1.12 bits per heavy atom. The van der Waals surface area contributed by atoms with E-state index < -0.39 is 64.7 Å². The van der Waals surface area contributed by atoms with Gasteiger partial charge in [-0.1, -0.05) is 35.4 Å². The van der Waals surface area contributed by atoms with Crippen molar-refractivity contribution in [3.8, 4) is 22.1 Å². The predicted octanol–water partition coefficient (Wildman–Crippen LogP) is 5.68. The lowest BCUT2D eigenvalue weighted by Gasteiger charge is -2.49. The molecule has 51 heavy (non-hydrogen) atoms. The number of anilines is 1. The summed E-state index contributed by atoms with van der Waals surface area (Å²) in [6.45, 7) is 5.76. The number of nitrogens with zero attached hydrogens (tertiary/aromatic N) is 4. The van der Waals surface area contributed by atoms with Crippen molar-refractivity contribution < 1.29 is 33.8 Å². The molecule has 6 amide bonds. The van der Waals surface area contributed by atoms with Crippen LogP contribution in [0, 0.1) is 36.0 Å². The van der Waals surface area contributed by atoms with Gasteiger partial charge in [-0.3, -0.25) is 23.9 Å². The number of fused-ring (bicyclic) bond motifs is 5. The fourth-order valence-electron chi connectivity index (χ4n) is 9.05. The molecule has 2 saturated heterocycles. The molecule has 4 aromatic rings. The van der Waals surface area contributed by atoms with Gasteiger partial charge in [0.15, 0.2) is 11.5 Å². The fourth-order valence-corrected chi connectivity index (χ4v) is 10.4. The van der Waals surface area contributed by atoms with E-state index in [1.807, 2.05) is 31.2 Å². The molecule has 4 heterocycles. The molecular formula is C37H34ClN5O7S. The summed E-state index contributed by atoms with van der Waals surface area (Å²) in [7, 11) is 1.67. The second kappa shape index (κ2) is 11.5. The smallest absolute Gasteiger partial charge is 0.328 e. The Bertz CT molecular complexity index is 2280. The van der Waals surface area contributed by atoms with E-state index in [9.17, 15) is 24.3 Å². The molecule has 12 nitrogen and oxygen atoms in total. The number of nitrogens with two attached hydrogens (primary N) is 1. The summed E-state index contributed by atoms with van der Waals surface area (Å²) < 4.78 is 8.25. The van der Waals surface area contributed by atoms with Gasteiger partial charge in [0, 0.05) is 34.3 Å². The number of carbonyl (C=O) groups excluding carboxylic acids is 5. The minimum atomic E-state index is -1.42. The number of hydrogen-bond acceptors (Lipinski definition) is 9. The number of urea groups is 1. The van der Waals surface area contributed by atoms with Crippen molar-refractivity contribution in [2.24, 2.45) is 41.9 Å². The Hall–Kier alpha value is -5.01. The number of allylic oxidation sites excluding steroid dienone is 2. The van der Waals surface area contributed by atoms with Crippen LogP contribution >= 0.6 is 22.9 Å². The van der Waals surface area contributed by atoms with Gasteiger partial charge in [-0.15, -0.1) is 11.3 Å². The number of aromatic hydroxyl groups is 1. The zero-order valence-corrected chi connectivity index (χ0v) is 29.7. The van der Waals surface area contributed by atoms with Crippen LogP contribution in [-0.2, 0) is 26.2 Å². The molecule has 14 heteroatoms. The molecule has 4 aliphatic rings. The quantitative estimate of drug-likeness (QED) is 0.196. The maximum absolute atomic E-state index is 15.0. The molecule has 8 rings (SSSR count). The molecule has 0 radical (unpaired) electrons. The average Bonchev–Trinajstić information content (AvgIpc) is 3.76. The third-order valence-corrected chi connectivity index (χ3v) is 12.9. The number of aromatic nitrogens is 2. The van der Waals surface area contributed by atoms with Crippen LogP contribution in [0.2, 0.25) is 5.02 Å². The molecule has 3 fully saturated rings. The summed E-state index contributed by atoms with van der Waals surface area (Å²) in [5.41, 5.74) is 6.62. The number of phenols is 1. The Morgan fingerprint density at radius 2 is 1.88 bits per heavy atom. The van der Waals surface area contributed by atoms with Crippen LogP contribution < -0.4 is 15.4 Å². The monoisotopic (exact) mass is 727 g/mol. The second-order valence-corrected chi connectivity index (χ2v) is 15.3. The molecule has 2 aromatic carbocycles. The zero-order chi connectivity index (χ0) is 36.3. The largest absolute Gasteiger partial charge is 0.504 e. The minimum Gasteiger partial charge on any atom is -0.504 e. The number of phenolic OH excluding ortho intramolecular Hbond substituents is 1. The second-order valence-electron chi connectivity index (χ2n) is 13.8. The standard InChI is InChI=1S/C37H34ClN5O7S/c1-5-50-25-8-6-7-20(30(25)44)29-18-10-11-19-28(34(47)43(32(19)45)36(39)49)22(18)14-23-33(46)42(35(48)37(23,29)3)27-15-24(40-41(27)4)31-16(2)21-13-17(38)9-12-26(21)51-31/h6-10,12-13,15,19,22-23,28-29,44H,5,11,14H2,1-4H3,(H2,39,49). The number of ether oxygens (including phenoxy) is 1. The highest BCUT2D eigenvalue weighted by atomic mass is 35.5. The third kappa shape index (κ3) is 4.50. The number of rotatable bonds is 5. The van der Waals surface area contributed by atoms with Crippen molar-refractivity contribution >= 4 is 68.5 Å². The number of para-hydroxylation sites is 1. The van der Waals surface area contributed by atoms with Crippen LogP contribution in [0.5, 0.6) is 11.5 Å². The molecule has 2 aromatic heterocycles. The van der Waals surface area contributed by atoms with Gasteiger partial charge in [0.1, 0.15) is 11.5 Å². The van der Waals surface area contributed by atoms with E-state index in [1.165, 1.54) is 20.9 Å². The number of aryl methyl sites for hydroxylation is 2. The predicted molar refractivity (Wildman–Crippen MR) is 189 cm³/mol. The van der Waals surface area contributed by atoms with E-state index >= 15 is 4.79 Å². The van der Waals surface area contributed by atoms with E-state index in [1.54, 1.807) is 45.2 Å². The number of carbonyl (C=O) groups is 5. The lowest BCUT2D eigenvalue weighted by atomic mass is 9.51. The van der Waals surface area contributed by atoms with Gasteiger partial charge in [0.25, 0.3) is 0 Å². The molecule has 0 bridgehead atoms. The molecule has 0 spiro atoms. The number of likely N-dealkylation sites (tertiary alicyclic amines) is 1. The van der Waals surface area contributed by atoms with Crippen LogP contribution in [-0.4, -0.2) is 56.1 Å². The topological polar surface area (TPSA) is 165 Å². The number of benzene rings is 2. The van der Waals surface area contributed by atoms with Crippen LogP contribution in [0.25, 0.3) is 20.7 Å². The number of hydrogen-bond donors (Lipinski definition) is 2. The van der Waals surface area contributed by atoms with Crippen molar-refractivity contribution in [1.82, 2.24) is 14.7 Å². The van der Waals surface area contributed by atoms with Crippen LogP contribution in [0.3, 0.4) is 0 Å². The number of primary amides is 1. The Labute approximate surface area is 301 Å². The summed E-state index contributed by atoms with van der Waals surface area (Å²) >= 11 is 7.82. The molecule has 262 valence electrons. The molecule has 6 atom stereocenters. The van der Waals surface area contributed by atoms with E-state index in [-0.39, 0.29) is 36.8 Å². The normalized spacial score (nSPS) is 27.2. The Morgan fingerprint density at radius 3 is 2.61 bits per heavy atom. The third-order valence-electron chi connectivity index (χ3n) is 11.4. The molecule has 2 aliphatic carbocycles. The summed E-state index contributed by atoms with van der Waals surface area (Å²) in [6.07, 6.45) is 2.03. The van der Waals surface area contributed by atoms with Gasteiger partial charge >= 0.3 is 6.03 Å². The number of halogens is 1. The van der Waals surface area contributed by atoms with E-state index in [2.05, 4.69) is 0 Å². The van der Waals surface area contributed by atoms with E-state index in [4.69, 9.17) is 27.2 Å². The summed E-state index contributed by atoms with van der Waals surface area (Å²) in [5.74, 6) is -6.35. The first-order chi connectivity index (χ1) is 24.3. The Kier molecular flexibility index (Phi) is 7.48. The minimum absolute atomic E-state index is 0.0689. The molecule has 1 saturated carbocycles. The first-order valence-corrected chi connectivity index (χ1v) is 17.9. The highest BCUT2D eigenvalue weighted by Gasteiger charge is 2.68. The van der Waals surface area contributed by atoms with Crippen LogP contribution in [0.15, 0.2) is 54.1 Å². The van der Waals surface area contributed by atoms with Gasteiger partial charge in [-0.25, -0.2) is 9.69 Å². The lowest BCUT2D eigenvalue weighted by molar-refractivity contribution is -0.136. The van der Waals surface area contributed by atoms with Gasteiger partial charge in [-0.05, 0) is 74.7 Å². The SMILES string of the molecule is CCOc1cccc(C2C3=CCC4C(=O)N(C(N)=O)C(=O)C4C3CC3C(=O)N(c4cc(-c5sc6ccc(Cl)cc6c5C)nn4C)C(=O)C32C)c1O. The molecular weight excluding hydrogens is 694 g/mol. The number of thiophene rings is 1. The highest BCUT2D eigenvalue weighted by molar-refractivity contribution is 7.22. The Balaban J connectivity index is 1.27. The first kappa shape index (κ1) is 33.2. The highest BCUT2D eigenvalue weighted by Crippen LogP contribution is 2.65. The van der Waals surface area contributed by atoms with E-state index in [0.29, 0.717) is 26.8 Å². The van der Waals surface area contributed by atoms with Crippen molar-refractivity contribution in [3.05, 3.63) is 70.3 Å². The van der Waals surface area contributed by atoms with Gasteiger partial charge in [0.2, 0.25) is 23.6 Å². The van der Waals surface area contributed by atoms with E-state index in [0.717, 1.165) is 20.5 Å². The van der Waals surface area contributed by atoms with Crippen LogP contribution in [0.4, 0.5) is 10.6 Å². The fraction of sp³-hybridized carbons (Fsp3) is 0.351. The van der Waals surface area contributed by atoms with Gasteiger partial charge in [0.05, 0.1) is 34.7 Å². The van der Waals surface area contributed by atoms with Crippen molar-refractivity contribution in [2.45, 2.75) is 39.5 Å². The summed E-state index contributed by atoms with van der Waals surface area (Å²) in [6, 6.07) is 11.3. The molecule has 6 unspecified atom stereocenters. The lowest BCUT2D eigenvalue weighted by Crippen LogP contribution is -2.49. The molecule has 2 aliphatic heterocycles. The summed E-state index contributed by atoms with van der Waals surface area (Å²) in [5, 5.41) is 18.0.